The van der Waals surface area contributed by atoms with Gasteiger partial charge in [-0.1, -0.05) is 18.2 Å². The highest BCUT2D eigenvalue weighted by Crippen LogP contribution is 2.23. The van der Waals surface area contributed by atoms with Crippen LogP contribution in [-0.2, 0) is 6.54 Å². The van der Waals surface area contributed by atoms with Crippen LogP contribution >= 0.6 is 0 Å². The Bertz CT molecular complexity index is 507. The number of aryl methyl sites for hydroxylation is 1. The van der Waals surface area contributed by atoms with Gasteiger partial charge in [0.25, 0.3) is 0 Å². The van der Waals surface area contributed by atoms with Crippen molar-refractivity contribution in [3.63, 3.8) is 0 Å². The average molecular weight is 245 g/mol. The van der Waals surface area contributed by atoms with E-state index in [-0.39, 0.29) is 0 Å². The van der Waals surface area contributed by atoms with Gasteiger partial charge in [0.15, 0.2) is 5.75 Å². The molecule has 1 atom stereocenters. The monoisotopic (exact) mass is 245 g/mol. The number of ether oxygens (including phenoxy) is 1. The molecule has 0 saturated carbocycles. The van der Waals surface area contributed by atoms with Crippen LogP contribution in [0.5, 0.6) is 11.5 Å². The molecule has 1 aromatic heterocycles. The van der Waals surface area contributed by atoms with E-state index < -0.39 is 0 Å². The molecule has 0 aliphatic heterocycles. The molecule has 1 aromatic carbocycles. The Kier molecular flexibility index (Phi) is 3.99. The molecular formula is C14H19N3O. The minimum absolute atomic E-state index is 0.385. The lowest BCUT2D eigenvalue weighted by Crippen LogP contribution is -2.26. The lowest BCUT2D eigenvalue weighted by Gasteiger charge is -2.09. The maximum Gasteiger partial charge on any atom is 0.165 e. The number of aromatic nitrogens is 2. The summed E-state index contributed by atoms with van der Waals surface area (Å²) in [6.45, 7) is 4.97. The summed E-state index contributed by atoms with van der Waals surface area (Å²) in [6.07, 6.45) is 3.66. The normalized spacial score (nSPS) is 12.4. The standard InChI is InChI=1S/C14H19N3O/c1-11-6-4-5-7-14(11)18-13-8-16-17(10-13)9-12(2)15-3/h4-8,10,12,15H,9H2,1-3H3. The first kappa shape index (κ1) is 12.6. The minimum atomic E-state index is 0.385. The summed E-state index contributed by atoms with van der Waals surface area (Å²) in [4.78, 5) is 0. The van der Waals surface area contributed by atoms with E-state index in [0.717, 1.165) is 23.6 Å². The maximum atomic E-state index is 5.80. The SMILES string of the molecule is CNC(C)Cn1cc(Oc2ccccc2C)cn1. The fourth-order valence-corrected chi connectivity index (χ4v) is 1.67. The number of hydrogen-bond acceptors (Lipinski definition) is 3. The highest BCUT2D eigenvalue weighted by Gasteiger charge is 2.05. The van der Waals surface area contributed by atoms with Crippen molar-refractivity contribution < 1.29 is 4.74 Å². The lowest BCUT2D eigenvalue weighted by molar-refractivity contribution is 0.466. The smallest absolute Gasteiger partial charge is 0.165 e. The molecule has 96 valence electrons. The summed E-state index contributed by atoms with van der Waals surface area (Å²) in [5.74, 6) is 1.64. The van der Waals surface area contributed by atoms with Gasteiger partial charge in [0.1, 0.15) is 5.75 Å². The number of nitrogens with one attached hydrogen (secondary N) is 1. The van der Waals surface area contributed by atoms with E-state index in [1.165, 1.54) is 0 Å². The molecule has 18 heavy (non-hydrogen) atoms. The molecule has 4 heteroatoms. The van der Waals surface area contributed by atoms with Crippen LogP contribution in [0.15, 0.2) is 36.7 Å². The Morgan fingerprint density at radius 3 is 2.89 bits per heavy atom. The van der Waals surface area contributed by atoms with E-state index >= 15 is 0 Å². The van der Waals surface area contributed by atoms with Crippen molar-refractivity contribution >= 4 is 0 Å². The molecule has 0 fully saturated rings. The van der Waals surface area contributed by atoms with E-state index in [9.17, 15) is 0 Å². The fourth-order valence-electron chi connectivity index (χ4n) is 1.67. The maximum absolute atomic E-state index is 5.80. The van der Waals surface area contributed by atoms with Gasteiger partial charge in [0.2, 0.25) is 0 Å². The fraction of sp³-hybridized carbons (Fsp3) is 0.357. The molecule has 0 aliphatic rings. The molecule has 4 nitrogen and oxygen atoms in total. The van der Waals surface area contributed by atoms with E-state index in [0.29, 0.717) is 6.04 Å². The molecule has 2 aromatic rings. The quantitative estimate of drug-likeness (QED) is 0.880. The van der Waals surface area contributed by atoms with Crippen LogP contribution in [0.2, 0.25) is 0 Å². The first-order chi connectivity index (χ1) is 8.69. The molecule has 0 bridgehead atoms. The Balaban J connectivity index is 2.05. The predicted molar refractivity (Wildman–Crippen MR) is 72.0 cm³/mol. The Labute approximate surface area is 108 Å². The van der Waals surface area contributed by atoms with Crippen LogP contribution in [0.3, 0.4) is 0 Å². The molecule has 1 heterocycles. The van der Waals surface area contributed by atoms with Crippen LogP contribution in [0.25, 0.3) is 0 Å². The van der Waals surface area contributed by atoms with Crippen LogP contribution < -0.4 is 10.1 Å². The zero-order chi connectivity index (χ0) is 13.0. The second-order valence-electron chi connectivity index (χ2n) is 4.46. The summed E-state index contributed by atoms with van der Waals surface area (Å²) < 4.78 is 7.68. The predicted octanol–water partition coefficient (Wildman–Crippen LogP) is 2.59. The van der Waals surface area contributed by atoms with E-state index in [1.54, 1.807) is 6.20 Å². The topological polar surface area (TPSA) is 39.1 Å². The van der Waals surface area contributed by atoms with Gasteiger partial charge in [0.05, 0.1) is 18.9 Å². The summed E-state index contributed by atoms with van der Waals surface area (Å²) in [5, 5.41) is 7.46. The molecule has 0 radical (unpaired) electrons. The summed E-state index contributed by atoms with van der Waals surface area (Å²) in [5.41, 5.74) is 1.12. The highest BCUT2D eigenvalue weighted by molar-refractivity contribution is 5.35. The molecule has 1 N–H and O–H groups in total. The van der Waals surface area contributed by atoms with Crippen LogP contribution in [0.4, 0.5) is 0 Å². The second kappa shape index (κ2) is 5.69. The van der Waals surface area contributed by atoms with Crippen molar-refractivity contribution in [1.82, 2.24) is 15.1 Å². The van der Waals surface area contributed by atoms with Crippen molar-refractivity contribution in [2.24, 2.45) is 0 Å². The third-order valence-electron chi connectivity index (χ3n) is 2.88. The van der Waals surface area contributed by atoms with Crippen molar-refractivity contribution in [1.29, 1.82) is 0 Å². The number of hydrogen-bond donors (Lipinski definition) is 1. The Morgan fingerprint density at radius 1 is 1.39 bits per heavy atom. The third-order valence-corrected chi connectivity index (χ3v) is 2.88. The summed E-state index contributed by atoms with van der Waals surface area (Å²) >= 11 is 0. The molecule has 0 saturated heterocycles. The van der Waals surface area contributed by atoms with Gasteiger partial charge in [-0.05, 0) is 32.5 Å². The first-order valence-corrected chi connectivity index (χ1v) is 6.12. The van der Waals surface area contributed by atoms with Crippen molar-refractivity contribution in [2.75, 3.05) is 7.05 Å². The van der Waals surface area contributed by atoms with Gasteiger partial charge >= 0.3 is 0 Å². The number of rotatable bonds is 5. The average Bonchev–Trinajstić information content (AvgIpc) is 2.79. The Morgan fingerprint density at radius 2 is 2.17 bits per heavy atom. The molecular weight excluding hydrogens is 226 g/mol. The van der Waals surface area contributed by atoms with Crippen LogP contribution in [0, 0.1) is 6.92 Å². The Hall–Kier alpha value is -1.81. The first-order valence-electron chi connectivity index (χ1n) is 6.12. The molecule has 2 rings (SSSR count). The zero-order valence-electron chi connectivity index (χ0n) is 11.1. The molecule has 0 spiro atoms. The number of likely N-dealkylation sites (N-methyl/N-ethyl adjacent to an activating group) is 1. The minimum Gasteiger partial charge on any atom is -0.454 e. The van der Waals surface area contributed by atoms with Gasteiger partial charge in [-0.15, -0.1) is 0 Å². The number of nitrogens with zero attached hydrogens (tertiary/aromatic N) is 2. The largest absolute Gasteiger partial charge is 0.454 e. The van der Waals surface area contributed by atoms with Gasteiger partial charge in [0, 0.05) is 6.04 Å². The van der Waals surface area contributed by atoms with Crippen LogP contribution in [-0.4, -0.2) is 22.9 Å². The van der Waals surface area contributed by atoms with E-state index in [4.69, 9.17) is 4.74 Å². The van der Waals surface area contributed by atoms with Crippen molar-refractivity contribution in [3.05, 3.63) is 42.2 Å². The van der Waals surface area contributed by atoms with Gasteiger partial charge in [-0.25, -0.2) is 0 Å². The van der Waals surface area contributed by atoms with Crippen molar-refractivity contribution in [3.8, 4) is 11.5 Å². The van der Waals surface area contributed by atoms with Crippen molar-refractivity contribution in [2.45, 2.75) is 26.4 Å². The second-order valence-corrected chi connectivity index (χ2v) is 4.46. The van der Waals surface area contributed by atoms with E-state index in [2.05, 4.69) is 17.3 Å². The molecule has 1 unspecified atom stereocenters. The molecule has 0 amide bonds. The van der Waals surface area contributed by atoms with E-state index in [1.807, 2.05) is 49.1 Å². The number of benzene rings is 1. The number of para-hydroxylation sites is 1. The third kappa shape index (κ3) is 3.11. The lowest BCUT2D eigenvalue weighted by atomic mass is 10.2. The zero-order valence-corrected chi connectivity index (χ0v) is 11.1. The van der Waals surface area contributed by atoms with Gasteiger partial charge < -0.3 is 10.1 Å². The van der Waals surface area contributed by atoms with Gasteiger partial charge in [-0.3, -0.25) is 4.68 Å². The summed E-state index contributed by atoms with van der Waals surface area (Å²) in [7, 11) is 1.94. The highest BCUT2D eigenvalue weighted by atomic mass is 16.5. The summed E-state index contributed by atoms with van der Waals surface area (Å²) in [6, 6.07) is 8.35. The molecule has 0 aliphatic carbocycles. The van der Waals surface area contributed by atoms with Crippen LogP contribution in [0.1, 0.15) is 12.5 Å². The van der Waals surface area contributed by atoms with Gasteiger partial charge in [-0.2, -0.15) is 5.10 Å².